The first-order valence-corrected chi connectivity index (χ1v) is 9.66. The summed E-state index contributed by atoms with van der Waals surface area (Å²) in [5.74, 6) is 1.02. The Morgan fingerprint density at radius 2 is 1.89 bits per heavy atom. The molecule has 1 aromatic heterocycles. The normalized spacial score (nSPS) is 17.7. The van der Waals surface area contributed by atoms with Gasteiger partial charge in [0.05, 0.1) is 17.2 Å². The molecule has 1 saturated carbocycles. The van der Waals surface area contributed by atoms with E-state index in [9.17, 15) is 9.59 Å². The second kappa shape index (κ2) is 8.85. The number of benzene rings is 1. The van der Waals surface area contributed by atoms with Crippen molar-refractivity contribution in [2.75, 3.05) is 19.6 Å². The summed E-state index contributed by atoms with van der Waals surface area (Å²) in [6.07, 6.45) is 6.68. The Bertz CT molecular complexity index is 841. The lowest BCUT2D eigenvalue weighted by atomic mass is 10.0. The molecule has 0 spiro atoms. The van der Waals surface area contributed by atoms with E-state index in [0.29, 0.717) is 29.9 Å². The Morgan fingerprint density at radius 1 is 1.15 bits per heavy atom. The summed E-state index contributed by atoms with van der Waals surface area (Å²) in [4.78, 5) is 31.2. The van der Waals surface area contributed by atoms with E-state index in [2.05, 4.69) is 10.3 Å². The molecule has 1 amide bonds. The van der Waals surface area contributed by atoms with Crippen LogP contribution in [0.4, 0.5) is 0 Å². The van der Waals surface area contributed by atoms with E-state index in [1.54, 1.807) is 17.0 Å². The predicted molar refractivity (Wildman–Crippen MR) is 108 cm³/mol. The van der Waals surface area contributed by atoms with E-state index in [-0.39, 0.29) is 23.9 Å². The van der Waals surface area contributed by atoms with Crippen molar-refractivity contribution in [2.45, 2.75) is 44.7 Å². The molecule has 2 fully saturated rings. The second-order valence-corrected chi connectivity index (χ2v) is 7.52. The molecular formula is C20H27ClN4O2. The molecule has 0 radical (unpaired) electrons. The minimum Gasteiger partial charge on any atom is -0.343 e. The molecule has 0 bridgehead atoms. The smallest absolute Gasteiger partial charge is 0.261 e. The lowest BCUT2D eigenvalue weighted by Crippen LogP contribution is -2.45. The summed E-state index contributed by atoms with van der Waals surface area (Å²) in [5, 5.41) is 4.24. The van der Waals surface area contributed by atoms with Crippen LogP contribution in [0.2, 0.25) is 0 Å². The van der Waals surface area contributed by atoms with Crippen molar-refractivity contribution >= 4 is 29.2 Å². The summed E-state index contributed by atoms with van der Waals surface area (Å²) in [5.41, 5.74) is 0.618. The summed E-state index contributed by atoms with van der Waals surface area (Å²) in [6, 6.07) is 7.86. The third-order valence-corrected chi connectivity index (χ3v) is 5.54. The monoisotopic (exact) mass is 390 g/mol. The maximum atomic E-state index is 12.5. The molecular weight excluding hydrogens is 364 g/mol. The number of hydrogen-bond donors (Lipinski definition) is 1. The highest BCUT2D eigenvalue weighted by molar-refractivity contribution is 5.85. The Hall–Kier alpha value is -1.92. The van der Waals surface area contributed by atoms with Crippen molar-refractivity contribution in [1.82, 2.24) is 19.8 Å². The highest BCUT2D eigenvalue weighted by Crippen LogP contribution is 2.28. The van der Waals surface area contributed by atoms with E-state index in [4.69, 9.17) is 0 Å². The van der Waals surface area contributed by atoms with E-state index in [1.165, 1.54) is 12.8 Å². The maximum absolute atomic E-state index is 12.5. The summed E-state index contributed by atoms with van der Waals surface area (Å²) in [7, 11) is 0. The Labute approximate surface area is 165 Å². The van der Waals surface area contributed by atoms with Crippen LogP contribution in [-0.4, -0.2) is 46.0 Å². The number of nitrogens with one attached hydrogen (secondary N) is 1. The van der Waals surface area contributed by atoms with Gasteiger partial charge in [0.2, 0.25) is 5.91 Å². The Morgan fingerprint density at radius 3 is 2.63 bits per heavy atom. The number of para-hydroxylation sites is 1. The van der Waals surface area contributed by atoms with Crippen LogP contribution in [0.5, 0.6) is 0 Å². The highest BCUT2D eigenvalue weighted by Gasteiger charge is 2.25. The number of likely N-dealkylation sites (tertiary alicyclic amines) is 1. The van der Waals surface area contributed by atoms with Gasteiger partial charge < -0.3 is 10.2 Å². The first kappa shape index (κ1) is 19.8. The van der Waals surface area contributed by atoms with Crippen molar-refractivity contribution in [3.63, 3.8) is 0 Å². The largest absolute Gasteiger partial charge is 0.343 e. The highest BCUT2D eigenvalue weighted by atomic mass is 35.5. The average molecular weight is 391 g/mol. The Kier molecular flexibility index (Phi) is 6.50. The first-order chi connectivity index (χ1) is 12.7. The van der Waals surface area contributed by atoms with Crippen molar-refractivity contribution < 1.29 is 4.79 Å². The number of halogens is 1. The fourth-order valence-corrected chi connectivity index (χ4v) is 3.63. The van der Waals surface area contributed by atoms with E-state index >= 15 is 0 Å². The standard InChI is InChI=1S/C20H26N4O2.ClH/c25-19(23-10-7-16(8-11-23)21-13-15-5-6-15)9-12-24-14-22-18-4-2-1-3-17(18)20(24)26;/h1-4,14-16,21H,5-13H2;1H. The van der Waals surface area contributed by atoms with Gasteiger partial charge in [0.15, 0.2) is 0 Å². The Balaban J connectivity index is 0.00000210. The molecule has 1 N–H and O–H groups in total. The molecule has 4 rings (SSSR count). The van der Waals surface area contributed by atoms with Gasteiger partial charge in [-0.15, -0.1) is 12.4 Å². The van der Waals surface area contributed by atoms with Crippen molar-refractivity contribution in [3.05, 3.63) is 40.9 Å². The number of aryl methyl sites for hydroxylation is 1. The molecule has 1 aromatic carbocycles. The quantitative estimate of drug-likeness (QED) is 0.821. The summed E-state index contributed by atoms with van der Waals surface area (Å²) < 4.78 is 1.55. The molecule has 2 aliphatic rings. The topological polar surface area (TPSA) is 67.2 Å². The number of aromatic nitrogens is 2. The van der Waals surface area contributed by atoms with Crippen molar-refractivity contribution in [1.29, 1.82) is 0 Å². The molecule has 2 aromatic rings. The van der Waals surface area contributed by atoms with E-state index in [1.807, 2.05) is 23.1 Å². The van der Waals surface area contributed by atoms with Gasteiger partial charge in [-0.25, -0.2) is 4.98 Å². The molecule has 2 heterocycles. The molecule has 1 aliphatic heterocycles. The zero-order chi connectivity index (χ0) is 17.9. The van der Waals surface area contributed by atoms with Crippen LogP contribution in [0, 0.1) is 5.92 Å². The number of rotatable bonds is 6. The van der Waals surface area contributed by atoms with Crippen LogP contribution in [0.3, 0.4) is 0 Å². The zero-order valence-corrected chi connectivity index (χ0v) is 16.3. The molecule has 0 unspecified atom stereocenters. The maximum Gasteiger partial charge on any atom is 0.261 e. The third-order valence-electron chi connectivity index (χ3n) is 5.54. The molecule has 1 saturated heterocycles. The summed E-state index contributed by atoms with van der Waals surface area (Å²) in [6.45, 7) is 3.14. The van der Waals surface area contributed by atoms with Crippen LogP contribution in [-0.2, 0) is 11.3 Å². The van der Waals surface area contributed by atoms with Gasteiger partial charge in [-0.1, -0.05) is 12.1 Å². The van der Waals surface area contributed by atoms with Crippen LogP contribution < -0.4 is 10.9 Å². The van der Waals surface area contributed by atoms with Gasteiger partial charge >= 0.3 is 0 Å². The molecule has 0 atom stereocenters. The van der Waals surface area contributed by atoms with Crippen molar-refractivity contribution in [2.24, 2.45) is 5.92 Å². The fourth-order valence-electron chi connectivity index (χ4n) is 3.63. The fraction of sp³-hybridized carbons (Fsp3) is 0.550. The second-order valence-electron chi connectivity index (χ2n) is 7.52. The van der Waals surface area contributed by atoms with Gasteiger partial charge in [0.1, 0.15) is 0 Å². The lowest BCUT2D eigenvalue weighted by molar-refractivity contribution is -0.132. The van der Waals surface area contributed by atoms with Gasteiger partial charge in [-0.3, -0.25) is 14.2 Å². The van der Waals surface area contributed by atoms with E-state index in [0.717, 1.165) is 38.4 Å². The van der Waals surface area contributed by atoms with Gasteiger partial charge in [0.25, 0.3) is 5.56 Å². The molecule has 6 nitrogen and oxygen atoms in total. The number of carbonyl (C=O) groups excluding carboxylic acids is 1. The number of nitrogens with zero attached hydrogens (tertiary/aromatic N) is 3. The average Bonchev–Trinajstić information content (AvgIpc) is 3.51. The van der Waals surface area contributed by atoms with Gasteiger partial charge in [-0.05, 0) is 50.3 Å². The SMILES string of the molecule is Cl.O=C(CCn1cnc2ccccc2c1=O)N1CCC(NCC2CC2)CC1. The van der Waals surface area contributed by atoms with Crippen LogP contribution in [0.15, 0.2) is 35.4 Å². The summed E-state index contributed by atoms with van der Waals surface area (Å²) >= 11 is 0. The zero-order valence-electron chi connectivity index (χ0n) is 15.5. The number of piperidine rings is 1. The number of amides is 1. The molecule has 7 heteroatoms. The van der Waals surface area contributed by atoms with Crippen LogP contribution in [0.1, 0.15) is 32.1 Å². The number of hydrogen-bond acceptors (Lipinski definition) is 4. The van der Waals surface area contributed by atoms with Crippen LogP contribution in [0.25, 0.3) is 10.9 Å². The predicted octanol–water partition coefficient (Wildman–Crippen LogP) is 2.20. The number of carbonyl (C=O) groups is 1. The van der Waals surface area contributed by atoms with Gasteiger partial charge in [-0.2, -0.15) is 0 Å². The molecule has 146 valence electrons. The molecule has 1 aliphatic carbocycles. The molecule has 27 heavy (non-hydrogen) atoms. The van der Waals surface area contributed by atoms with Crippen LogP contribution >= 0.6 is 12.4 Å². The number of fused-ring (bicyclic) bond motifs is 1. The third kappa shape index (κ3) is 4.87. The minimum absolute atomic E-state index is 0. The van der Waals surface area contributed by atoms with Gasteiger partial charge in [0, 0.05) is 32.1 Å². The lowest BCUT2D eigenvalue weighted by Gasteiger charge is -2.32. The van der Waals surface area contributed by atoms with Crippen molar-refractivity contribution in [3.8, 4) is 0 Å². The van der Waals surface area contributed by atoms with E-state index < -0.39 is 0 Å². The first-order valence-electron chi connectivity index (χ1n) is 9.66. The minimum atomic E-state index is -0.0774.